The van der Waals surface area contributed by atoms with Crippen LogP contribution in [0.5, 0.6) is 5.75 Å². The molecule has 94 valence electrons. The fourth-order valence-corrected chi connectivity index (χ4v) is 1.03. The Bertz CT molecular complexity index is 356. The van der Waals surface area contributed by atoms with Crippen molar-refractivity contribution in [1.29, 1.82) is 0 Å². The highest BCUT2D eigenvalue weighted by molar-refractivity contribution is 6.58. The molecule has 2 N–H and O–H groups in total. The highest BCUT2D eigenvalue weighted by Gasteiger charge is 2.27. The van der Waals surface area contributed by atoms with Gasteiger partial charge in [-0.15, -0.1) is 0 Å². The van der Waals surface area contributed by atoms with Gasteiger partial charge in [-0.1, -0.05) is 12.1 Å². The summed E-state index contributed by atoms with van der Waals surface area (Å²) in [6, 6.07) is 5.67. The van der Waals surface area contributed by atoms with Gasteiger partial charge in [0.25, 0.3) is 0 Å². The predicted molar refractivity (Wildman–Crippen MR) is 53.8 cm³/mol. The van der Waals surface area contributed by atoms with Crippen LogP contribution in [0.15, 0.2) is 24.3 Å². The summed E-state index contributed by atoms with van der Waals surface area (Å²) in [4.78, 5) is 0. The highest BCUT2D eigenvalue weighted by atomic mass is 19.4. The summed E-state index contributed by atoms with van der Waals surface area (Å²) in [6.45, 7) is -1.96. The molecule has 0 bridgehead atoms. The first-order chi connectivity index (χ1) is 7.88. The van der Waals surface area contributed by atoms with E-state index >= 15 is 0 Å². The van der Waals surface area contributed by atoms with Crippen LogP contribution in [0.4, 0.5) is 13.2 Å². The van der Waals surface area contributed by atoms with Gasteiger partial charge in [-0.25, -0.2) is 0 Å². The zero-order chi connectivity index (χ0) is 12.9. The minimum absolute atomic E-state index is 0.179. The van der Waals surface area contributed by atoms with Gasteiger partial charge in [-0.3, -0.25) is 0 Å². The molecule has 0 spiro atoms. The van der Waals surface area contributed by atoms with E-state index in [9.17, 15) is 13.2 Å². The average molecular weight is 250 g/mol. The second-order valence-electron chi connectivity index (χ2n) is 3.17. The smallest absolute Gasteiger partial charge is 0.468 e. The Morgan fingerprint density at radius 2 is 1.94 bits per heavy atom. The van der Waals surface area contributed by atoms with Crippen LogP contribution < -0.4 is 10.2 Å². The maximum Gasteiger partial charge on any atom is 0.488 e. The molecule has 4 nitrogen and oxygen atoms in total. The van der Waals surface area contributed by atoms with E-state index in [0.29, 0.717) is 0 Å². The first-order valence-corrected chi connectivity index (χ1v) is 4.62. The largest absolute Gasteiger partial charge is 0.488 e. The Balaban J connectivity index is 2.39. The quantitative estimate of drug-likeness (QED) is 0.447. The van der Waals surface area contributed by atoms with Crippen molar-refractivity contribution >= 4 is 12.6 Å². The van der Waals surface area contributed by atoms with E-state index < -0.39 is 26.7 Å². The monoisotopic (exact) mass is 250 g/mol. The molecule has 0 unspecified atom stereocenters. The topological polar surface area (TPSA) is 58.9 Å². The van der Waals surface area contributed by atoms with Crippen LogP contribution in [0.2, 0.25) is 0 Å². The number of rotatable bonds is 5. The number of halogens is 3. The second-order valence-corrected chi connectivity index (χ2v) is 3.17. The minimum Gasteiger partial charge on any atom is -0.468 e. The van der Waals surface area contributed by atoms with Gasteiger partial charge in [-0.2, -0.15) is 13.2 Å². The summed E-state index contributed by atoms with van der Waals surface area (Å²) in [5.74, 6) is 0.192. The molecule has 0 fully saturated rings. The van der Waals surface area contributed by atoms with E-state index in [2.05, 4.69) is 4.74 Å². The van der Waals surface area contributed by atoms with Crippen molar-refractivity contribution < 1.29 is 32.7 Å². The number of hydrogen-bond donors (Lipinski definition) is 2. The van der Waals surface area contributed by atoms with Crippen LogP contribution in [0.1, 0.15) is 0 Å². The lowest BCUT2D eigenvalue weighted by Gasteiger charge is -2.10. The lowest BCUT2D eigenvalue weighted by atomic mass is 9.80. The lowest BCUT2D eigenvalue weighted by Crippen LogP contribution is -2.29. The molecular weight excluding hydrogens is 240 g/mol. The zero-order valence-corrected chi connectivity index (χ0v) is 8.65. The van der Waals surface area contributed by atoms with Crippen LogP contribution in [-0.2, 0) is 4.74 Å². The molecule has 1 rings (SSSR count). The van der Waals surface area contributed by atoms with Crippen LogP contribution in [0.25, 0.3) is 0 Å². The van der Waals surface area contributed by atoms with Crippen molar-refractivity contribution in [1.82, 2.24) is 0 Å². The van der Waals surface area contributed by atoms with E-state index in [-0.39, 0.29) is 11.2 Å². The van der Waals surface area contributed by atoms with E-state index in [1.165, 1.54) is 24.3 Å². The molecule has 0 saturated heterocycles. The molecule has 1 aromatic carbocycles. The molecule has 0 saturated carbocycles. The van der Waals surface area contributed by atoms with Crippen LogP contribution in [0.3, 0.4) is 0 Å². The number of alkyl halides is 3. The first kappa shape index (κ1) is 13.8. The fraction of sp³-hybridized carbons (Fsp3) is 0.333. The Morgan fingerprint density at radius 1 is 1.24 bits per heavy atom. The van der Waals surface area contributed by atoms with Crippen LogP contribution in [0, 0.1) is 0 Å². The third-order valence-corrected chi connectivity index (χ3v) is 1.73. The highest BCUT2D eigenvalue weighted by Crippen LogP contribution is 2.14. The van der Waals surface area contributed by atoms with E-state index in [1.807, 2.05) is 0 Å². The van der Waals surface area contributed by atoms with Crippen molar-refractivity contribution in [3.8, 4) is 5.75 Å². The van der Waals surface area contributed by atoms with Gasteiger partial charge in [0.15, 0.2) is 6.79 Å². The van der Waals surface area contributed by atoms with Crippen molar-refractivity contribution in [2.24, 2.45) is 0 Å². The third-order valence-electron chi connectivity index (χ3n) is 1.73. The number of hydrogen-bond acceptors (Lipinski definition) is 4. The lowest BCUT2D eigenvalue weighted by molar-refractivity contribution is -0.186. The van der Waals surface area contributed by atoms with E-state index in [1.54, 1.807) is 0 Å². The second kappa shape index (κ2) is 5.90. The van der Waals surface area contributed by atoms with Crippen molar-refractivity contribution in [2.75, 3.05) is 13.4 Å². The Kier molecular flexibility index (Phi) is 4.79. The van der Waals surface area contributed by atoms with Crippen molar-refractivity contribution in [3.63, 3.8) is 0 Å². The molecular formula is C9H10BF3O4. The van der Waals surface area contributed by atoms with Gasteiger partial charge in [0, 0.05) is 0 Å². The molecule has 0 amide bonds. The summed E-state index contributed by atoms with van der Waals surface area (Å²) in [6.07, 6.45) is -4.40. The van der Waals surface area contributed by atoms with Crippen LogP contribution >= 0.6 is 0 Å². The van der Waals surface area contributed by atoms with Crippen molar-refractivity contribution in [2.45, 2.75) is 6.18 Å². The minimum atomic E-state index is -4.40. The molecule has 0 atom stereocenters. The Morgan fingerprint density at radius 3 is 2.53 bits per heavy atom. The molecule has 0 heterocycles. The van der Waals surface area contributed by atoms with E-state index in [4.69, 9.17) is 14.8 Å². The normalized spacial score (nSPS) is 11.4. The summed E-state index contributed by atoms with van der Waals surface area (Å²) in [5.41, 5.74) is 0.179. The molecule has 8 heteroatoms. The Labute approximate surface area is 95.7 Å². The Hall–Kier alpha value is -1.25. The molecule has 1 aromatic rings. The van der Waals surface area contributed by atoms with Crippen molar-refractivity contribution in [3.05, 3.63) is 24.3 Å². The molecule has 0 radical (unpaired) electrons. The standard InChI is InChI=1S/C9H10BF3O4/c11-9(12,13)5-16-6-17-8-3-1-2-7(4-8)10(14)15/h1-4,14-15H,5-6H2. The molecule has 0 aliphatic carbocycles. The number of benzene rings is 1. The first-order valence-electron chi connectivity index (χ1n) is 4.62. The third kappa shape index (κ3) is 5.57. The SMILES string of the molecule is OB(O)c1cccc(OCOCC(F)(F)F)c1. The van der Waals surface area contributed by atoms with Gasteiger partial charge in [-0.05, 0) is 17.6 Å². The van der Waals surface area contributed by atoms with Crippen LogP contribution in [-0.4, -0.2) is 36.7 Å². The van der Waals surface area contributed by atoms with E-state index in [0.717, 1.165) is 0 Å². The molecule has 17 heavy (non-hydrogen) atoms. The molecule has 0 aromatic heterocycles. The summed E-state index contributed by atoms with van der Waals surface area (Å²) < 4.78 is 44.2. The van der Waals surface area contributed by atoms with Gasteiger partial charge >= 0.3 is 13.3 Å². The van der Waals surface area contributed by atoms with Gasteiger partial charge in [0.1, 0.15) is 12.4 Å². The van der Waals surface area contributed by atoms with Gasteiger partial charge in [0.05, 0.1) is 0 Å². The maximum absolute atomic E-state index is 11.7. The fourth-order valence-electron chi connectivity index (χ4n) is 1.03. The summed E-state index contributed by atoms with van der Waals surface area (Å²) in [5, 5.41) is 17.7. The molecule has 0 aliphatic heterocycles. The molecule has 0 aliphatic rings. The van der Waals surface area contributed by atoms with Gasteiger partial charge < -0.3 is 19.5 Å². The average Bonchev–Trinajstić information content (AvgIpc) is 2.23. The number of ether oxygens (including phenoxy) is 2. The summed E-state index contributed by atoms with van der Waals surface area (Å²) in [7, 11) is -1.66. The maximum atomic E-state index is 11.7. The van der Waals surface area contributed by atoms with Gasteiger partial charge in [0.2, 0.25) is 0 Å². The predicted octanol–water partition coefficient (Wildman–Crippen LogP) is 0.282. The zero-order valence-electron chi connectivity index (χ0n) is 8.65. The summed E-state index contributed by atoms with van der Waals surface area (Å²) >= 11 is 0.